The first-order valence-electron chi connectivity index (χ1n) is 8.87. The number of rotatable bonds is 7. The summed E-state index contributed by atoms with van der Waals surface area (Å²) in [5.41, 5.74) is 0.971. The highest BCUT2D eigenvalue weighted by Gasteiger charge is 2.24. The molecule has 3 aromatic carbocycles. The summed E-state index contributed by atoms with van der Waals surface area (Å²) in [6.07, 6.45) is -0.519. The Morgan fingerprint density at radius 2 is 1.36 bits per heavy atom. The summed E-state index contributed by atoms with van der Waals surface area (Å²) in [6.45, 7) is 3.70. The van der Waals surface area contributed by atoms with Crippen LogP contribution in [0.25, 0.3) is 0 Å². The molecule has 0 aliphatic heterocycles. The summed E-state index contributed by atoms with van der Waals surface area (Å²) in [5.74, 6) is 1.37. The Bertz CT molecular complexity index is 1000. The zero-order valence-electron chi connectivity index (χ0n) is 15.6. The molecule has 0 aliphatic rings. The third-order valence-electron chi connectivity index (χ3n) is 4.47. The Labute approximate surface area is 174 Å². The molecule has 0 fully saturated rings. The van der Waals surface area contributed by atoms with Gasteiger partial charge in [0.1, 0.15) is 11.5 Å². The van der Waals surface area contributed by atoms with Crippen LogP contribution in [0.3, 0.4) is 0 Å². The van der Waals surface area contributed by atoms with Crippen molar-refractivity contribution < 1.29 is 17.3 Å². The average Bonchev–Trinajstić information content (AvgIpc) is 2.69. The molecule has 0 bridgehead atoms. The second-order valence-electron chi connectivity index (χ2n) is 6.48. The number of para-hydroxylation sites is 1. The Kier molecular flexibility index (Phi) is 6.54. The van der Waals surface area contributed by atoms with Crippen LogP contribution >= 0.6 is 15.9 Å². The minimum absolute atomic E-state index is 0.115. The van der Waals surface area contributed by atoms with E-state index in [0.717, 1.165) is 21.5 Å². The molecule has 6 heteroatoms. The van der Waals surface area contributed by atoms with Gasteiger partial charge in [-0.15, -0.1) is 0 Å². The Hall–Kier alpha value is -2.15. The predicted octanol–water partition coefficient (Wildman–Crippen LogP) is 6.14. The van der Waals surface area contributed by atoms with Gasteiger partial charge in [-0.3, -0.25) is 4.18 Å². The summed E-state index contributed by atoms with van der Waals surface area (Å²) in [5, 5.41) is 0. The van der Waals surface area contributed by atoms with E-state index in [0.29, 0.717) is 0 Å². The van der Waals surface area contributed by atoms with Crippen molar-refractivity contribution in [1.29, 1.82) is 0 Å². The number of hydrogen-bond donors (Lipinski definition) is 0. The van der Waals surface area contributed by atoms with Crippen LogP contribution in [0.2, 0.25) is 0 Å². The van der Waals surface area contributed by atoms with E-state index in [1.165, 1.54) is 12.1 Å². The Morgan fingerprint density at radius 3 is 1.96 bits per heavy atom. The average molecular weight is 461 g/mol. The molecular formula is C22H21BrO4S. The largest absolute Gasteiger partial charge is 0.457 e. The molecule has 0 spiro atoms. The summed E-state index contributed by atoms with van der Waals surface area (Å²) < 4.78 is 37.0. The van der Waals surface area contributed by atoms with Gasteiger partial charge in [-0.05, 0) is 61.0 Å². The van der Waals surface area contributed by atoms with Crippen LogP contribution < -0.4 is 4.74 Å². The molecular weight excluding hydrogens is 440 g/mol. The molecule has 2 atom stereocenters. The highest BCUT2D eigenvalue weighted by atomic mass is 79.9. The SMILES string of the molecule is C[C@@H](OS(=O)(=O)c1ccc(Br)cc1)[C@@H](C)c1ccc(Oc2ccccc2)cc1. The van der Waals surface area contributed by atoms with Crippen molar-refractivity contribution in [3.05, 3.63) is 88.9 Å². The summed E-state index contributed by atoms with van der Waals surface area (Å²) in [4.78, 5) is 0.140. The van der Waals surface area contributed by atoms with Crippen LogP contribution in [0.1, 0.15) is 25.3 Å². The molecule has 0 heterocycles. The molecule has 0 aliphatic carbocycles. The lowest BCUT2D eigenvalue weighted by Gasteiger charge is -2.21. The van der Waals surface area contributed by atoms with Gasteiger partial charge in [0, 0.05) is 10.4 Å². The van der Waals surface area contributed by atoms with Crippen molar-refractivity contribution in [1.82, 2.24) is 0 Å². The van der Waals surface area contributed by atoms with Crippen molar-refractivity contribution in [3.8, 4) is 11.5 Å². The van der Waals surface area contributed by atoms with E-state index < -0.39 is 16.2 Å². The van der Waals surface area contributed by atoms with Crippen LogP contribution in [-0.4, -0.2) is 14.5 Å². The van der Waals surface area contributed by atoms with Gasteiger partial charge in [-0.2, -0.15) is 8.42 Å². The molecule has 28 heavy (non-hydrogen) atoms. The third-order valence-corrected chi connectivity index (χ3v) is 6.40. The van der Waals surface area contributed by atoms with Gasteiger partial charge in [0.2, 0.25) is 0 Å². The second-order valence-corrected chi connectivity index (χ2v) is 8.97. The molecule has 0 saturated carbocycles. The van der Waals surface area contributed by atoms with Crippen LogP contribution in [0.5, 0.6) is 11.5 Å². The first-order valence-corrected chi connectivity index (χ1v) is 11.1. The molecule has 3 rings (SSSR count). The minimum atomic E-state index is -3.82. The highest BCUT2D eigenvalue weighted by molar-refractivity contribution is 9.10. The van der Waals surface area contributed by atoms with Crippen LogP contribution in [0.15, 0.2) is 88.2 Å². The summed E-state index contributed by atoms with van der Waals surface area (Å²) >= 11 is 3.30. The zero-order valence-corrected chi connectivity index (χ0v) is 18.0. The number of halogens is 1. The normalized spacial score (nSPS) is 13.7. The molecule has 0 unspecified atom stereocenters. The van der Waals surface area contributed by atoms with Gasteiger partial charge >= 0.3 is 0 Å². The van der Waals surface area contributed by atoms with Crippen LogP contribution in [0, 0.1) is 0 Å². The fourth-order valence-corrected chi connectivity index (χ4v) is 4.09. The lowest BCUT2D eigenvalue weighted by molar-refractivity contribution is 0.203. The van der Waals surface area contributed by atoms with E-state index in [-0.39, 0.29) is 10.8 Å². The van der Waals surface area contributed by atoms with E-state index in [1.807, 2.05) is 61.5 Å². The number of benzene rings is 3. The molecule has 0 N–H and O–H groups in total. The van der Waals surface area contributed by atoms with E-state index in [9.17, 15) is 8.42 Å². The van der Waals surface area contributed by atoms with Crippen molar-refractivity contribution in [2.24, 2.45) is 0 Å². The molecule has 0 aromatic heterocycles. The molecule has 4 nitrogen and oxygen atoms in total. The monoisotopic (exact) mass is 460 g/mol. The summed E-state index contributed by atoms with van der Waals surface area (Å²) in [6, 6.07) is 23.5. The maximum Gasteiger partial charge on any atom is 0.297 e. The van der Waals surface area contributed by atoms with Crippen LogP contribution in [-0.2, 0) is 14.3 Å². The highest BCUT2D eigenvalue weighted by Crippen LogP contribution is 2.28. The molecule has 3 aromatic rings. The smallest absolute Gasteiger partial charge is 0.297 e. The van der Waals surface area contributed by atoms with Crippen molar-refractivity contribution in [3.63, 3.8) is 0 Å². The topological polar surface area (TPSA) is 52.6 Å². The Morgan fingerprint density at radius 1 is 0.786 bits per heavy atom. The van der Waals surface area contributed by atoms with Gasteiger partial charge in [0.15, 0.2) is 0 Å². The van der Waals surface area contributed by atoms with Crippen molar-refractivity contribution in [2.45, 2.75) is 30.8 Å². The first-order chi connectivity index (χ1) is 13.3. The van der Waals surface area contributed by atoms with Crippen LogP contribution in [0.4, 0.5) is 0 Å². The molecule has 0 radical (unpaired) electrons. The molecule has 0 saturated heterocycles. The fraction of sp³-hybridized carbons (Fsp3) is 0.182. The zero-order chi connectivity index (χ0) is 20.1. The summed E-state index contributed by atoms with van der Waals surface area (Å²) in [7, 11) is -3.82. The molecule has 146 valence electrons. The van der Waals surface area contributed by atoms with E-state index >= 15 is 0 Å². The van der Waals surface area contributed by atoms with E-state index in [1.54, 1.807) is 19.1 Å². The fourth-order valence-electron chi connectivity index (χ4n) is 2.68. The van der Waals surface area contributed by atoms with Crippen molar-refractivity contribution >= 4 is 26.0 Å². The first kappa shape index (κ1) is 20.6. The standard InChI is InChI=1S/C22H21BrO4S/c1-16(17(2)27-28(24,25)22-14-10-19(23)11-15-22)18-8-12-21(13-9-18)26-20-6-4-3-5-7-20/h3-17H,1-2H3/t16-,17-/m1/s1. The predicted molar refractivity (Wildman–Crippen MR) is 113 cm³/mol. The van der Waals surface area contributed by atoms with E-state index in [4.69, 9.17) is 8.92 Å². The molecule has 0 amide bonds. The third kappa shape index (κ3) is 5.22. The Balaban J connectivity index is 1.67. The van der Waals surface area contributed by atoms with E-state index in [2.05, 4.69) is 15.9 Å². The number of ether oxygens (including phenoxy) is 1. The van der Waals surface area contributed by atoms with Gasteiger partial charge in [-0.25, -0.2) is 0 Å². The second kappa shape index (κ2) is 8.90. The maximum atomic E-state index is 12.5. The van der Waals surface area contributed by atoms with Gasteiger partial charge in [0.25, 0.3) is 10.1 Å². The van der Waals surface area contributed by atoms with Gasteiger partial charge < -0.3 is 4.74 Å². The maximum absolute atomic E-state index is 12.5. The lowest BCUT2D eigenvalue weighted by atomic mass is 9.96. The number of hydrogen-bond acceptors (Lipinski definition) is 4. The quantitative estimate of drug-likeness (QED) is 0.397. The van der Waals surface area contributed by atoms with Gasteiger partial charge in [-0.1, -0.05) is 53.2 Å². The van der Waals surface area contributed by atoms with Crippen molar-refractivity contribution in [2.75, 3.05) is 0 Å². The lowest BCUT2D eigenvalue weighted by Crippen LogP contribution is -2.21. The minimum Gasteiger partial charge on any atom is -0.457 e. The van der Waals surface area contributed by atoms with Gasteiger partial charge in [0.05, 0.1) is 11.0 Å².